The van der Waals surface area contributed by atoms with Gasteiger partial charge in [-0.15, -0.1) is 0 Å². The molecule has 0 radical (unpaired) electrons. The number of nitro groups is 1. The lowest BCUT2D eigenvalue weighted by Crippen LogP contribution is -2.18. The second kappa shape index (κ2) is 10.1. The summed E-state index contributed by atoms with van der Waals surface area (Å²) < 4.78 is 6.23. The standard InChI is InChI=1S/C25H16BrN3O5/c26-19-10-8-17(9-11-19)25(31)34-23-13-12-20(29(32)33)14-18(23)15-27-28-24(30)22-7-3-5-16-4-1-2-6-21(16)22/h1-15H,(H,28,30)/b27-15+. The Morgan fingerprint density at radius 3 is 2.47 bits per heavy atom. The van der Waals surface area contributed by atoms with E-state index in [4.69, 9.17) is 4.74 Å². The zero-order valence-corrected chi connectivity index (χ0v) is 19.1. The molecule has 34 heavy (non-hydrogen) atoms. The largest absolute Gasteiger partial charge is 0.422 e. The average Bonchev–Trinajstić information content (AvgIpc) is 2.84. The lowest BCUT2D eigenvalue weighted by atomic mass is 10.0. The van der Waals surface area contributed by atoms with E-state index in [1.54, 1.807) is 36.4 Å². The van der Waals surface area contributed by atoms with Crippen molar-refractivity contribution in [3.8, 4) is 5.75 Å². The van der Waals surface area contributed by atoms with Crippen molar-refractivity contribution >= 4 is 50.5 Å². The Bertz CT molecular complexity index is 1430. The molecular formula is C25H16BrN3O5. The second-order valence-corrected chi connectivity index (χ2v) is 8.02. The highest BCUT2D eigenvalue weighted by atomic mass is 79.9. The van der Waals surface area contributed by atoms with E-state index < -0.39 is 16.8 Å². The molecule has 0 aromatic heterocycles. The number of fused-ring (bicyclic) bond motifs is 1. The summed E-state index contributed by atoms with van der Waals surface area (Å²) in [7, 11) is 0. The Balaban J connectivity index is 1.57. The molecular weight excluding hydrogens is 502 g/mol. The van der Waals surface area contributed by atoms with Crippen molar-refractivity contribution in [3.63, 3.8) is 0 Å². The SMILES string of the molecule is O=C(Oc1ccc([N+](=O)[O-])cc1/C=N/NC(=O)c1cccc2ccccc12)c1ccc(Br)cc1. The van der Waals surface area contributed by atoms with Crippen molar-refractivity contribution in [2.45, 2.75) is 0 Å². The van der Waals surface area contributed by atoms with Gasteiger partial charge in [0.2, 0.25) is 0 Å². The summed E-state index contributed by atoms with van der Waals surface area (Å²) in [5, 5.41) is 16.8. The molecule has 4 aromatic rings. The van der Waals surface area contributed by atoms with E-state index in [1.165, 1.54) is 24.4 Å². The van der Waals surface area contributed by atoms with Gasteiger partial charge in [0, 0.05) is 27.7 Å². The molecule has 9 heteroatoms. The summed E-state index contributed by atoms with van der Waals surface area (Å²) in [6, 6.07) is 23.0. The monoisotopic (exact) mass is 517 g/mol. The number of hydrazone groups is 1. The first-order valence-corrected chi connectivity index (χ1v) is 10.8. The number of nitrogens with zero attached hydrogens (tertiary/aromatic N) is 2. The van der Waals surface area contributed by atoms with Crippen molar-refractivity contribution in [1.29, 1.82) is 0 Å². The third-order valence-electron chi connectivity index (χ3n) is 4.89. The third kappa shape index (κ3) is 5.16. The fourth-order valence-electron chi connectivity index (χ4n) is 3.23. The number of nitro benzene ring substituents is 1. The van der Waals surface area contributed by atoms with Crippen molar-refractivity contribution in [1.82, 2.24) is 5.43 Å². The second-order valence-electron chi connectivity index (χ2n) is 7.10. The van der Waals surface area contributed by atoms with E-state index in [9.17, 15) is 19.7 Å². The minimum atomic E-state index is -0.643. The summed E-state index contributed by atoms with van der Waals surface area (Å²) in [6.07, 6.45) is 1.19. The van der Waals surface area contributed by atoms with Crippen molar-refractivity contribution in [3.05, 3.63) is 116 Å². The topological polar surface area (TPSA) is 111 Å². The molecule has 4 aromatic carbocycles. The molecule has 8 nitrogen and oxygen atoms in total. The number of halogens is 1. The van der Waals surface area contributed by atoms with E-state index in [0.717, 1.165) is 15.2 Å². The first kappa shape index (κ1) is 22.8. The maximum atomic E-state index is 12.7. The summed E-state index contributed by atoms with van der Waals surface area (Å²) in [4.78, 5) is 35.8. The van der Waals surface area contributed by atoms with Gasteiger partial charge in [-0.05, 0) is 47.2 Å². The Morgan fingerprint density at radius 2 is 1.71 bits per heavy atom. The number of non-ortho nitro benzene ring substituents is 1. The van der Waals surface area contributed by atoms with E-state index in [-0.39, 0.29) is 17.0 Å². The summed E-state index contributed by atoms with van der Waals surface area (Å²) in [5.41, 5.74) is 3.08. The van der Waals surface area contributed by atoms with Gasteiger partial charge >= 0.3 is 5.97 Å². The van der Waals surface area contributed by atoms with Crippen LogP contribution < -0.4 is 10.2 Å². The predicted molar refractivity (Wildman–Crippen MR) is 131 cm³/mol. The Labute approximate surface area is 202 Å². The molecule has 4 rings (SSSR count). The minimum Gasteiger partial charge on any atom is -0.422 e. The molecule has 0 aliphatic rings. The zero-order valence-electron chi connectivity index (χ0n) is 17.5. The number of esters is 1. The molecule has 1 N–H and O–H groups in total. The molecule has 0 heterocycles. The summed E-state index contributed by atoms with van der Waals surface area (Å²) in [5.74, 6) is -1.04. The van der Waals surface area contributed by atoms with Gasteiger partial charge in [-0.2, -0.15) is 5.10 Å². The lowest BCUT2D eigenvalue weighted by Gasteiger charge is -2.08. The number of carbonyl (C=O) groups is 2. The van der Waals surface area contributed by atoms with E-state index in [1.807, 2.05) is 30.3 Å². The Hall–Kier alpha value is -4.37. The van der Waals surface area contributed by atoms with Gasteiger partial charge in [0.15, 0.2) is 0 Å². The molecule has 0 aliphatic heterocycles. The van der Waals surface area contributed by atoms with Gasteiger partial charge in [0.05, 0.1) is 16.7 Å². The molecule has 0 atom stereocenters. The van der Waals surface area contributed by atoms with Crippen LogP contribution in [0.5, 0.6) is 5.75 Å². The first-order valence-electron chi connectivity index (χ1n) is 10.00. The molecule has 1 amide bonds. The highest BCUT2D eigenvalue weighted by Gasteiger charge is 2.15. The van der Waals surface area contributed by atoms with Crippen molar-refractivity contribution in [2.75, 3.05) is 0 Å². The number of ether oxygens (including phenoxy) is 1. The van der Waals surface area contributed by atoms with Gasteiger partial charge in [-0.25, -0.2) is 10.2 Å². The lowest BCUT2D eigenvalue weighted by molar-refractivity contribution is -0.384. The normalized spacial score (nSPS) is 10.9. The Morgan fingerprint density at radius 1 is 0.971 bits per heavy atom. The first-order chi connectivity index (χ1) is 16.4. The summed E-state index contributed by atoms with van der Waals surface area (Å²) in [6.45, 7) is 0. The molecule has 0 aliphatic carbocycles. The Kier molecular flexibility index (Phi) is 6.74. The molecule has 168 valence electrons. The van der Waals surface area contributed by atoms with Crippen molar-refractivity contribution < 1.29 is 19.2 Å². The van der Waals surface area contributed by atoms with Gasteiger partial charge in [0.25, 0.3) is 11.6 Å². The molecule has 0 saturated heterocycles. The van der Waals surface area contributed by atoms with Gasteiger partial charge in [-0.3, -0.25) is 14.9 Å². The van der Waals surface area contributed by atoms with E-state index in [2.05, 4.69) is 26.5 Å². The van der Waals surface area contributed by atoms with Gasteiger partial charge in [0.1, 0.15) is 5.75 Å². The predicted octanol–water partition coefficient (Wildman–Crippen LogP) is 5.49. The van der Waals surface area contributed by atoms with Gasteiger partial charge < -0.3 is 4.74 Å². The van der Waals surface area contributed by atoms with Gasteiger partial charge in [-0.1, -0.05) is 52.3 Å². The number of rotatable bonds is 6. The number of hydrogen-bond acceptors (Lipinski definition) is 6. The van der Waals surface area contributed by atoms with Crippen molar-refractivity contribution in [2.24, 2.45) is 5.10 Å². The average molecular weight is 518 g/mol. The van der Waals surface area contributed by atoms with Crippen LogP contribution in [0.4, 0.5) is 5.69 Å². The molecule has 0 fully saturated rings. The van der Waals surface area contributed by atoms with Crippen LogP contribution in [-0.4, -0.2) is 23.0 Å². The van der Waals surface area contributed by atoms with Crippen LogP contribution in [0.3, 0.4) is 0 Å². The van der Waals surface area contributed by atoms with Crippen LogP contribution in [0.15, 0.2) is 94.5 Å². The highest BCUT2D eigenvalue weighted by Crippen LogP contribution is 2.24. The number of nitrogens with one attached hydrogen (secondary N) is 1. The fourth-order valence-corrected chi connectivity index (χ4v) is 3.50. The maximum absolute atomic E-state index is 12.7. The number of amides is 1. The minimum absolute atomic E-state index is 0.0571. The summed E-state index contributed by atoms with van der Waals surface area (Å²) >= 11 is 3.30. The van der Waals surface area contributed by atoms with Crippen LogP contribution in [0.1, 0.15) is 26.3 Å². The third-order valence-corrected chi connectivity index (χ3v) is 5.42. The zero-order chi connectivity index (χ0) is 24.1. The highest BCUT2D eigenvalue weighted by molar-refractivity contribution is 9.10. The van der Waals surface area contributed by atoms with Crippen LogP contribution in [0.25, 0.3) is 10.8 Å². The molecule has 0 saturated carbocycles. The van der Waals surface area contributed by atoms with Crippen LogP contribution >= 0.6 is 15.9 Å². The molecule has 0 spiro atoms. The van der Waals surface area contributed by atoms with E-state index in [0.29, 0.717) is 11.1 Å². The quantitative estimate of drug-likeness (QED) is 0.119. The number of carbonyl (C=O) groups excluding carboxylic acids is 2. The molecule has 0 unspecified atom stereocenters. The van der Waals surface area contributed by atoms with Crippen LogP contribution in [0, 0.1) is 10.1 Å². The number of benzene rings is 4. The van der Waals surface area contributed by atoms with Crippen LogP contribution in [0.2, 0.25) is 0 Å². The van der Waals surface area contributed by atoms with Crippen LogP contribution in [-0.2, 0) is 0 Å². The maximum Gasteiger partial charge on any atom is 0.343 e. The molecule has 0 bridgehead atoms. The number of hydrogen-bond donors (Lipinski definition) is 1. The fraction of sp³-hybridized carbons (Fsp3) is 0. The smallest absolute Gasteiger partial charge is 0.343 e. The van der Waals surface area contributed by atoms with E-state index >= 15 is 0 Å².